The average molecular weight is 383 g/mol. The molecule has 0 aliphatic carbocycles. The monoisotopic (exact) mass is 382 g/mol. The van der Waals surface area contributed by atoms with Crippen LogP contribution in [0.4, 0.5) is 13.2 Å². The first-order valence-electron chi connectivity index (χ1n) is 7.15. The number of fused-ring (bicyclic) bond motifs is 1. The Morgan fingerprint density at radius 2 is 1.78 bits per heavy atom. The van der Waals surface area contributed by atoms with Gasteiger partial charge in [0.25, 0.3) is 0 Å². The number of nitrogens with zero attached hydrogens (tertiary/aromatic N) is 1. The van der Waals surface area contributed by atoms with Crippen molar-refractivity contribution in [2.45, 2.75) is 18.8 Å². The van der Waals surface area contributed by atoms with E-state index in [-0.39, 0.29) is 5.56 Å². The second-order valence-corrected chi connectivity index (χ2v) is 6.30. The fraction of sp³-hybridized carbons (Fsp3) is 0.235. The molecule has 0 amide bonds. The first-order chi connectivity index (χ1) is 11.0. The lowest BCUT2D eigenvalue weighted by molar-refractivity contribution is -0.0280. The lowest BCUT2D eigenvalue weighted by atomic mass is 10.0. The van der Waals surface area contributed by atoms with E-state index >= 15 is 0 Å². The third kappa shape index (κ3) is 3.58. The Hall–Kier alpha value is -1.82. The summed E-state index contributed by atoms with van der Waals surface area (Å²) < 4.78 is 39.7. The van der Waals surface area contributed by atoms with Crippen LogP contribution in [0, 0.1) is 0 Å². The highest BCUT2D eigenvalue weighted by molar-refractivity contribution is 9.10. The molecule has 0 spiro atoms. The van der Waals surface area contributed by atoms with Gasteiger partial charge in [0, 0.05) is 16.5 Å². The molecule has 0 aliphatic heterocycles. The normalized spacial score (nSPS) is 12.0. The molecule has 2 nitrogen and oxygen atoms in total. The molecule has 2 aromatic carbocycles. The van der Waals surface area contributed by atoms with Crippen LogP contribution in [0.25, 0.3) is 11.0 Å². The number of nitrogens with one attached hydrogen (secondary N) is 1. The van der Waals surface area contributed by atoms with Gasteiger partial charge in [0.2, 0.25) is 0 Å². The number of aromatic amines is 1. The molecule has 0 saturated heterocycles. The molecule has 3 rings (SSSR count). The molecule has 1 aromatic heterocycles. The summed E-state index contributed by atoms with van der Waals surface area (Å²) in [7, 11) is 0. The minimum Gasteiger partial charge on any atom is -0.342 e. The van der Waals surface area contributed by atoms with Gasteiger partial charge in [-0.1, -0.05) is 40.2 Å². The smallest absolute Gasteiger partial charge is 0.301 e. The first-order valence-corrected chi connectivity index (χ1v) is 7.94. The van der Waals surface area contributed by atoms with Crippen molar-refractivity contribution in [1.29, 1.82) is 0 Å². The molecule has 0 bridgehead atoms. The maximum absolute atomic E-state index is 13.2. The predicted octanol–water partition coefficient (Wildman–Crippen LogP) is 5.17. The molecule has 0 saturated carbocycles. The van der Waals surface area contributed by atoms with E-state index in [1.807, 2.05) is 18.2 Å². The van der Waals surface area contributed by atoms with Crippen LogP contribution < -0.4 is 0 Å². The van der Waals surface area contributed by atoms with Gasteiger partial charge in [-0.05, 0) is 30.2 Å². The van der Waals surface area contributed by atoms with Gasteiger partial charge in [0.1, 0.15) is 5.82 Å². The fourth-order valence-electron chi connectivity index (χ4n) is 2.41. The van der Waals surface area contributed by atoms with Gasteiger partial charge in [0.15, 0.2) is 6.67 Å². The summed E-state index contributed by atoms with van der Waals surface area (Å²) in [5, 5.41) is 0. The molecule has 0 aliphatic rings. The highest BCUT2D eigenvalue weighted by Gasteiger charge is 2.31. The van der Waals surface area contributed by atoms with Crippen molar-refractivity contribution in [2.75, 3.05) is 6.67 Å². The maximum Gasteiger partial charge on any atom is 0.301 e. The topological polar surface area (TPSA) is 28.7 Å². The van der Waals surface area contributed by atoms with Crippen molar-refractivity contribution < 1.29 is 13.2 Å². The molecule has 3 aromatic rings. The summed E-state index contributed by atoms with van der Waals surface area (Å²) in [4.78, 5) is 7.74. The van der Waals surface area contributed by atoms with E-state index in [0.29, 0.717) is 12.8 Å². The Morgan fingerprint density at radius 3 is 2.48 bits per heavy atom. The number of aromatic nitrogens is 2. The molecule has 0 radical (unpaired) electrons. The summed E-state index contributed by atoms with van der Waals surface area (Å²) in [6, 6.07) is 11.6. The second-order valence-electron chi connectivity index (χ2n) is 5.38. The Labute approximate surface area is 139 Å². The van der Waals surface area contributed by atoms with E-state index in [0.717, 1.165) is 26.9 Å². The maximum atomic E-state index is 13.2. The number of rotatable bonds is 5. The molecule has 0 unspecified atom stereocenters. The van der Waals surface area contributed by atoms with Gasteiger partial charge in [-0.3, -0.25) is 0 Å². The van der Waals surface area contributed by atoms with E-state index in [1.165, 1.54) is 12.1 Å². The summed E-state index contributed by atoms with van der Waals surface area (Å²) in [6.45, 7) is -1.68. The van der Waals surface area contributed by atoms with Crippen LogP contribution >= 0.6 is 15.9 Å². The zero-order chi connectivity index (χ0) is 16.4. The summed E-state index contributed by atoms with van der Waals surface area (Å²) in [5.41, 5.74) is 2.45. The molecule has 0 atom stereocenters. The van der Waals surface area contributed by atoms with Gasteiger partial charge in [-0.15, -0.1) is 0 Å². The number of hydrogen-bond acceptors (Lipinski definition) is 1. The molecular formula is C17H14BrF3N2. The first kappa shape index (κ1) is 16.1. The van der Waals surface area contributed by atoms with Crippen molar-refractivity contribution >= 4 is 27.0 Å². The number of imidazole rings is 1. The SMILES string of the molecule is FCC(F)(F)c1ccc(CCc2nc3cc(Br)ccc3[nH]2)cc1. The molecule has 23 heavy (non-hydrogen) atoms. The lowest BCUT2D eigenvalue weighted by Gasteiger charge is -2.12. The summed E-state index contributed by atoms with van der Waals surface area (Å²) in [5.74, 6) is -2.57. The average Bonchev–Trinajstić information content (AvgIpc) is 2.95. The molecule has 0 fully saturated rings. The van der Waals surface area contributed by atoms with Crippen molar-refractivity contribution in [3.63, 3.8) is 0 Å². The van der Waals surface area contributed by atoms with Crippen LogP contribution in [0.1, 0.15) is 17.0 Å². The van der Waals surface area contributed by atoms with Crippen molar-refractivity contribution in [2.24, 2.45) is 0 Å². The van der Waals surface area contributed by atoms with Crippen LogP contribution in [0.5, 0.6) is 0 Å². The van der Waals surface area contributed by atoms with Gasteiger partial charge < -0.3 is 4.98 Å². The van der Waals surface area contributed by atoms with E-state index in [4.69, 9.17) is 0 Å². The van der Waals surface area contributed by atoms with E-state index in [1.54, 1.807) is 12.1 Å². The fourth-order valence-corrected chi connectivity index (χ4v) is 2.75. The molecule has 1 heterocycles. The largest absolute Gasteiger partial charge is 0.342 e. The highest BCUT2D eigenvalue weighted by atomic mass is 79.9. The number of halogens is 4. The minimum absolute atomic E-state index is 0.294. The zero-order valence-corrected chi connectivity index (χ0v) is 13.7. The van der Waals surface area contributed by atoms with Gasteiger partial charge in [-0.2, -0.15) is 8.78 Å². The second kappa shape index (κ2) is 6.35. The Bertz CT molecular complexity index is 812. The molecule has 6 heteroatoms. The van der Waals surface area contributed by atoms with E-state index < -0.39 is 12.6 Å². The predicted molar refractivity (Wildman–Crippen MR) is 87.5 cm³/mol. The summed E-state index contributed by atoms with van der Waals surface area (Å²) in [6.07, 6.45) is 1.34. The lowest BCUT2D eigenvalue weighted by Crippen LogP contribution is -2.15. The van der Waals surface area contributed by atoms with Crippen molar-refractivity contribution in [3.05, 3.63) is 63.9 Å². The number of hydrogen-bond donors (Lipinski definition) is 1. The van der Waals surface area contributed by atoms with Crippen LogP contribution in [0.15, 0.2) is 46.9 Å². The number of alkyl halides is 3. The minimum atomic E-state index is -3.41. The Kier molecular flexibility index (Phi) is 4.43. The van der Waals surface area contributed by atoms with Gasteiger partial charge in [0.05, 0.1) is 11.0 Å². The molecular weight excluding hydrogens is 369 g/mol. The Morgan fingerprint density at radius 1 is 1.04 bits per heavy atom. The van der Waals surface area contributed by atoms with Crippen LogP contribution in [-0.4, -0.2) is 16.6 Å². The van der Waals surface area contributed by atoms with E-state index in [2.05, 4.69) is 25.9 Å². The number of aryl methyl sites for hydroxylation is 2. The van der Waals surface area contributed by atoms with Crippen molar-refractivity contribution in [1.82, 2.24) is 9.97 Å². The van der Waals surface area contributed by atoms with Crippen LogP contribution in [-0.2, 0) is 18.8 Å². The van der Waals surface area contributed by atoms with Crippen molar-refractivity contribution in [3.8, 4) is 0 Å². The molecule has 120 valence electrons. The van der Waals surface area contributed by atoms with Gasteiger partial charge in [-0.25, -0.2) is 9.37 Å². The third-order valence-electron chi connectivity index (χ3n) is 3.69. The third-order valence-corrected chi connectivity index (χ3v) is 4.18. The standard InChI is InChI=1S/C17H14BrF3N2/c18-13-6-7-14-15(9-13)23-16(22-14)8-3-11-1-4-12(5-2-11)17(20,21)10-19/h1-2,4-7,9H,3,8,10H2,(H,22,23). The van der Waals surface area contributed by atoms with Gasteiger partial charge >= 0.3 is 5.92 Å². The van der Waals surface area contributed by atoms with E-state index in [9.17, 15) is 13.2 Å². The number of benzene rings is 2. The van der Waals surface area contributed by atoms with Crippen LogP contribution in [0.3, 0.4) is 0 Å². The molecule has 1 N–H and O–H groups in total. The quantitative estimate of drug-likeness (QED) is 0.647. The summed E-state index contributed by atoms with van der Waals surface area (Å²) >= 11 is 3.40. The zero-order valence-electron chi connectivity index (χ0n) is 12.1. The van der Waals surface area contributed by atoms with Crippen LogP contribution in [0.2, 0.25) is 0 Å². The number of H-pyrrole nitrogens is 1. The highest BCUT2D eigenvalue weighted by Crippen LogP contribution is 2.28. The Balaban J connectivity index is 1.69.